The van der Waals surface area contributed by atoms with E-state index in [9.17, 15) is 18.0 Å². The highest BCUT2D eigenvalue weighted by Crippen LogP contribution is 2.44. The van der Waals surface area contributed by atoms with Crippen LogP contribution in [0.1, 0.15) is 16.7 Å². The lowest BCUT2D eigenvalue weighted by Crippen LogP contribution is -2.41. The maximum Gasteiger partial charge on any atom is 0.419 e. The molecule has 1 atom stereocenters. The average molecular weight is 442 g/mol. The highest BCUT2D eigenvalue weighted by Gasteiger charge is 2.50. The number of alkyl halides is 3. The fourth-order valence-corrected chi connectivity index (χ4v) is 3.45. The van der Waals surface area contributed by atoms with Crippen LogP contribution in [0.25, 0.3) is 0 Å². The molecule has 1 amide bonds. The van der Waals surface area contributed by atoms with E-state index in [1.54, 1.807) is 24.3 Å². The number of methoxy groups -OCH3 is 1. The normalized spacial score (nSPS) is 20.0. The molecule has 0 bridgehead atoms. The van der Waals surface area contributed by atoms with Gasteiger partial charge in [0.15, 0.2) is 11.5 Å². The highest BCUT2D eigenvalue weighted by atomic mass is 79.9. The lowest BCUT2D eigenvalue weighted by Gasteiger charge is -2.27. The van der Waals surface area contributed by atoms with Crippen molar-refractivity contribution < 1.29 is 22.7 Å². The van der Waals surface area contributed by atoms with Crippen LogP contribution in [-0.2, 0) is 16.5 Å². The van der Waals surface area contributed by atoms with Crippen molar-refractivity contribution in [3.8, 4) is 5.75 Å². The van der Waals surface area contributed by atoms with Crippen LogP contribution in [0.3, 0.4) is 0 Å². The molecule has 27 heavy (non-hydrogen) atoms. The number of aliphatic imine (C=N–C) groups is 1. The molecule has 0 fully saturated rings. The summed E-state index contributed by atoms with van der Waals surface area (Å²) in [5, 5.41) is 0. The zero-order valence-electron chi connectivity index (χ0n) is 14.3. The predicted molar refractivity (Wildman–Crippen MR) is 97.3 cm³/mol. The number of hydrogen-bond acceptors (Lipinski definition) is 4. The second kappa shape index (κ2) is 6.56. The second-order valence-corrected chi connectivity index (χ2v) is 6.88. The Morgan fingerprint density at radius 1 is 1.19 bits per heavy atom. The summed E-state index contributed by atoms with van der Waals surface area (Å²) >= 11 is 3.32. The number of halogens is 4. The zero-order valence-corrected chi connectivity index (χ0v) is 15.9. The topological polar surface area (TPSA) is 67.9 Å². The van der Waals surface area contributed by atoms with Gasteiger partial charge in [-0.3, -0.25) is 9.69 Å². The van der Waals surface area contributed by atoms with E-state index in [-0.39, 0.29) is 17.3 Å². The minimum absolute atomic E-state index is 0.0472. The van der Waals surface area contributed by atoms with E-state index < -0.39 is 23.2 Å². The molecule has 5 nitrogen and oxygen atoms in total. The van der Waals surface area contributed by atoms with E-state index in [2.05, 4.69) is 20.9 Å². The minimum atomic E-state index is -4.66. The van der Waals surface area contributed by atoms with Crippen molar-refractivity contribution in [1.29, 1.82) is 0 Å². The van der Waals surface area contributed by atoms with Gasteiger partial charge in [-0.2, -0.15) is 13.2 Å². The van der Waals surface area contributed by atoms with Gasteiger partial charge in [-0.05, 0) is 35.4 Å². The van der Waals surface area contributed by atoms with Gasteiger partial charge in [0.2, 0.25) is 0 Å². The number of rotatable bonds is 3. The van der Waals surface area contributed by atoms with E-state index in [1.807, 2.05) is 0 Å². The number of nitrogens with zero attached hydrogens (tertiary/aromatic N) is 2. The summed E-state index contributed by atoms with van der Waals surface area (Å²) in [6.07, 6.45) is -4.66. The molecule has 3 rings (SSSR count). The highest BCUT2D eigenvalue weighted by molar-refractivity contribution is 9.10. The molecular formula is C18H15BrF3N3O2. The molecule has 0 saturated carbocycles. The van der Waals surface area contributed by atoms with E-state index in [1.165, 1.54) is 19.2 Å². The summed E-state index contributed by atoms with van der Waals surface area (Å²) in [6.45, 7) is 0. The van der Waals surface area contributed by atoms with Gasteiger partial charge in [0.05, 0.1) is 12.7 Å². The third-order valence-electron chi connectivity index (χ3n) is 4.41. The molecule has 2 N–H and O–H groups in total. The van der Waals surface area contributed by atoms with Gasteiger partial charge in [-0.1, -0.05) is 34.1 Å². The molecular weight excluding hydrogens is 427 g/mol. The number of likely N-dealkylation sites (N-methyl/N-ethyl adjacent to an activating group) is 1. The van der Waals surface area contributed by atoms with Crippen LogP contribution in [0.15, 0.2) is 51.9 Å². The van der Waals surface area contributed by atoms with Crippen LogP contribution in [-0.4, -0.2) is 30.9 Å². The number of amides is 1. The van der Waals surface area contributed by atoms with Gasteiger partial charge in [0.25, 0.3) is 5.91 Å². The molecule has 0 aromatic heterocycles. The Bertz CT molecular complexity index is 946. The summed E-state index contributed by atoms with van der Waals surface area (Å²) in [7, 11) is 2.58. The zero-order chi connectivity index (χ0) is 20.0. The van der Waals surface area contributed by atoms with E-state index in [4.69, 9.17) is 10.5 Å². The standard InChI is InChI=1S/C18H15BrF3N3O2/c1-25-15(26)17(24-16(25)23,10-4-3-5-12(19)8-10)11-6-7-14(27-2)13(9-11)18(20,21)22/h3-9H,1-2H3,(H2,23,24). The first kappa shape index (κ1) is 19.2. The third-order valence-corrected chi connectivity index (χ3v) is 4.90. The van der Waals surface area contributed by atoms with E-state index >= 15 is 0 Å². The molecule has 1 aliphatic rings. The van der Waals surface area contributed by atoms with Gasteiger partial charge in [-0.15, -0.1) is 0 Å². The van der Waals surface area contributed by atoms with E-state index in [0.29, 0.717) is 10.0 Å². The number of carbonyl (C=O) groups excluding carboxylic acids is 1. The summed E-state index contributed by atoms with van der Waals surface area (Å²) in [4.78, 5) is 18.5. The van der Waals surface area contributed by atoms with Gasteiger partial charge < -0.3 is 10.5 Å². The maximum atomic E-state index is 13.5. The Hall–Kier alpha value is -2.55. The van der Waals surface area contributed by atoms with Crippen molar-refractivity contribution in [3.05, 3.63) is 63.6 Å². The van der Waals surface area contributed by atoms with Gasteiger partial charge in [0, 0.05) is 11.5 Å². The van der Waals surface area contributed by atoms with Gasteiger partial charge >= 0.3 is 6.18 Å². The fraction of sp³-hybridized carbons (Fsp3) is 0.222. The van der Waals surface area contributed by atoms with Crippen molar-refractivity contribution in [2.24, 2.45) is 10.7 Å². The molecule has 0 aliphatic carbocycles. The fourth-order valence-electron chi connectivity index (χ4n) is 3.05. The van der Waals surface area contributed by atoms with Crippen molar-refractivity contribution in [2.45, 2.75) is 11.7 Å². The molecule has 0 radical (unpaired) electrons. The molecule has 1 unspecified atom stereocenters. The number of hydrogen-bond donors (Lipinski definition) is 1. The predicted octanol–water partition coefficient (Wildman–Crippen LogP) is 3.51. The van der Waals surface area contributed by atoms with Crippen molar-refractivity contribution >= 4 is 27.8 Å². The molecule has 0 saturated heterocycles. The first-order valence-electron chi connectivity index (χ1n) is 7.76. The van der Waals surface area contributed by atoms with Crippen LogP contribution < -0.4 is 10.5 Å². The number of benzene rings is 2. The lowest BCUT2D eigenvalue weighted by molar-refractivity contribution is -0.139. The number of nitrogens with two attached hydrogens (primary N) is 1. The third kappa shape index (κ3) is 3.05. The minimum Gasteiger partial charge on any atom is -0.496 e. The molecule has 2 aromatic rings. The van der Waals surface area contributed by atoms with Crippen LogP contribution in [0, 0.1) is 0 Å². The average Bonchev–Trinajstić information content (AvgIpc) is 2.85. The van der Waals surface area contributed by atoms with Crippen LogP contribution in [0.2, 0.25) is 0 Å². The smallest absolute Gasteiger partial charge is 0.419 e. The Morgan fingerprint density at radius 3 is 2.37 bits per heavy atom. The van der Waals surface area contributed by atoms with Crippen LogP contribution in [0.4, 0.5) is 13.2 Å². The number of carbonyl (C=O) groups is 1. The Balaban J connectivity index is 2.33. The summed E-state index contributed by atoms with van der Waals surface area (Å²) < 4.78 is 46.0. The lowest BCUT2D eigenvalue weighted by atomic mass is 9.82. The Labute approximate surface area is 161 Å². The monoisotopic (exact) mass is 441 g/mol. The van der Waals surface area contributed by atoms with Crippen molar-refractivity contribution in [1.82, 2.24) is 4.90 Å². The number of ether oxygens (including phenoxy) is 1. The van der Waals surface area contributed by atoms with Crippen LogP contribution in [0.5, 0.6) is 5.75 Å². The summed E-state index contributed by atoms with van der Waals surface area (Å²) in [5.74, 6) is -0.966. The van der Waals surface area contributed by atoms with Crippen LogP contribution >= 0.6 is 15.9 Å². The molecule has 2 aromatic carbocycles. The summed E-state index contributed by atoms with van der Waals surface area (Å²) in [5.41, 5.74) is 3.57. The first-order chi connectivity index (χ1) is 12.6. The van der Waals surface area contributed by atoms with Crippen molar-refractivity contribution in [3.63, 3.8) is 0 Å². The molecule has 0 spiro atoms. The SMILES string of the molecule is COc1ccc(C2(c3cccc(Br)c3)N=C(N)N(C)C2=O)cc1C(F)(F)F. The van der Waals surface area contributed by atoms with Crippen molar-refractivity contribution in [2.75, 3.05) is 14.2 Å². The molecule has 1 aliphatic heterocycles. The largest absolute Gasteiger partial charge is 0.496 e. The second-order valence-electron chi connectivity index (χ2n) is 5.97. The molecule has 1 heterocycles. The van der Waals surface area contributed by atoms with Gasteiger partial charge in [-0.25, -0.2) is 4.99 Å². The van der Waals surface area contributed by atoms with Gasteiger partial charge in [0.1, 0.15) is 5.75 Å². The molecule has 9 heteroatoms. The first-order valence-corrected chi connectivity index (χ1v) is 8.56. The quantitative estimate of drug-likeness (QED) is 0.792. The Morgan fingerprint density at radius 2 is 1.85 bits per heavy atom. The number of guanidine groups is 1. The Kier molecular flexibility index (Phi) is 4.67. The van der Waals surface area contributed by atoms with E-state index in [0.717, 1.165) is 18.1 Å². The molecule has 142 valence electrons. The summed E-state index contributed by atoms with van der Waals surface area (Å²) in [6, 6.07) is 10.1. The maximum absolute atomic E-state index is 13.5.